The molecular weight excluding hydrogens is 293 g/mol. The van der Waals surface area contributed by atoms with E-state index in [-0.39, 0.29) is 5.56 Å². The Labute approximate surface area is 118 Å². The zero-order chi connectivity index (χ0) is 13.3. The van der Waals surface area contributed by atoms with Gasteiger partial charge in [-0.05, 0) is 18.6 Å². The maximum Gasteiger partial charge on any atom is 0.338 e. The summed E-state index contributed by atoms with van der Waals surface area (Å²) in [6.07, 6.45) is 0. The predicted molar refractivity (Wildman–Crippen MR) is 75.8 cm³/mol. The highest BCUT2D eigenvalue weighted by Gasteiger charge is 2.14. The molecule has 0 atom stereocenters. The van der Waals surface area contributed by atoms with Gasteiger partial charge in [-0.3, -0.25) is 0 Å². The lowest BCUT2D eigenvalue weighted by Gasteiger charge is -2.11. The first kappa shape index (κ1) is 13.2. The minimum absolute atomic E-state index is 0.202. The minimum Gasteiger partial charge on any atom is -0.478 e. The van der Waals surface area contributed by atoms with Gasteiger partial charge in [-0.1, -0.05) is 29.3 Å². The van der Waals surface area contributed by atoms with Gasteiger partial charge >= 0.3 is 5.97 Å². The van der Waals surface area contributed by atoms with Crippen molar-refractivity contribution in [1.82, 2.24) is 0 Å². The number of aryl methyl sites for hydroxylation is 1. The number of thiophene rings is 1. The van der Waals surface area contributed by atoms with E-state index < -0.39 is 5.97 Å². The number of halogens is 2. The molecule has 1 heterocycles. The van der Waals surface area contributed by atoms with Crippen molar-refractivity contribution in [2.24, 2.45) is 0 Å². The zero-order valence-electron chi connectivity index (χ0n) is 9.33. The molecule has 3 nitrogen and oxygen atoms in total. The number of hydrogen-bond donors (Lipinski definition) is 2. The molecule has 1 aromatic heterocycles. The van der Waals surface area contributed by atoms with Crippen LogP contribution < -0.4 is 5.32 Å². The number of benzene rings is 1. The third-order valence-corrected chi connectivity index (χ3v) is 3.98. The highest BCUT2D eigenvalue weighted by molar-refractivity contribution is 7.08. The number of nitrogens with one attached hydrogen (secondary N) is 1. The van der Waals surface area contributed by atoms with E-state index in [9.17, 15) is 4.79 Å². The normalized spacial score (nSPS) is 10.4. The van der Waals surface area contributed by atoms with Gasteiger partial charge < -0.3 is 10.4 Å². The molecule has 0 saturated heterocycles. The lowest BCUT2D eigenvalue weighted by molar-refractivity contribution is 0.0698. The fourth-order valence-corrected chi connectivity index (χ4v) is 2.68. The van der Waals surface area contributed by atoms with Crippen LogP contribution in [0.1, 0.15) is 15.9 Å². The topological polar surface area (TPSA) is 49.3 Å². The molecule has 0 unspecified atom stereocenters. The maximum atomic E-state index is 11.0. The summed E-state index contributed by atoms with van der Waals surface area (Å²) in [5, 5.41) is 16.2. The second kappa shape index (κ2) is 5.18. The SMILES string of the molecule is Cc1ccc(Cl)c(Nc2cscc2C(=O)O)c1Cl. The molecule has 18 heavy (non-hydrogen) atoms. The molecule has 94 valence electrons. The first-order valence-corrected chi connectivity index (χ1v) is 6.71. The number of carbonyl (C=O) groups is 1. The molecule has 1 aromatic carbocycles. The van der Waals surface area contributed by atoms with Crippen LogP contribution in [0.4, 0.5) is 11.4 Å². The monoisotopic (exact) mass is 301 g/mol. The molecule has 2 N–H and O–H groups in total. The van der Waals surface area contributed by atoms with Gasteiger partial charge in [-0.2, -0.15) is 0 Å². The third-order valence-electron chi connectivity index (χ3n) is 2.44. The van der Waals surface area contributed by atoms with E-state index >= 15 is 0 Å². The number of carboxylic acid groups (broad SMARTS) is 1. The van der Waals surface area contributed by atoms with Crippen molar-refractivity contribution in [1.29, 1.82) is 0 Å². The summed E-state index contributed by atoms with van der Waals surface area (Å²) in [7, 11) is 0. The number of rotatable bonds is 3. The molecule has 0 fully saturated rings. The van der Waals surface area contributed by atoms with Crippen molar-refractivity contribution in [2.75, 3.05) is 5.32 Å². The van der Waals surface area contributed by atoms with Crippen molar-refractivity contribution in [3.63, 3.8) is 0 Å². The Morgan fingerprint density at radius 3 is 2.72 bits per heavy atom. The van der Waals surface area contributed by atoms with Crippen LogP contribution in [-0.4, -0.2) is 11.1 Å². The van der Waals surface area contributed by atoms with Gasteiger partial charge in [-0.25, -0.2) is 4.79 Å². The Morgan fingerprint density at radius 2 is 2.06 bits per heavy atom. The number of carboxylic acids is 1. The van der Waals surface area contributed by atoms with Crippen LogP contribution in [0.25, 0.3) is 0 Å². The fourth-order valence-electron chi connectivity index (χ4n) is 1.47. The number of aromatic carboxylic acids is 1. The van der Waals surface area contributed by atoms with Crippen LogP contribution in [-0.2, 0) is 0 Å². The van der Waals surface area contributed by atoms with E-state index in [1.54, 1.807) is 16.8 Å². The summed E-state index contributed by atoms with van der Waals surface area (Å²) in [5.41, 5.74) is 2.09. The minimum atomic E-state index is -0.987. The second-order valence-electron chi connectivity index (χ2n) is 3.68. The lowest BCUT2D eigenvalue weighted by Crippen LogP contribution is -2.00. The standard InChI is InChI=1S/C12H9Cl2NO2S/c1-6-2-3-8(13)11(10(6)14)15-9-5-18-4-7(9)12(16)17/h2-5,15H,1H3,(H,16,17). The smallest absolute Gasteiger partial charge is 0.338 e. The Hall–Kier alpha value is -1.23. The summed E-state index contributed by atoms with van der Waals surface area (Å²) >= 11 is 13.5. The summed E-state index contributed by atoms with van der Waals surface area (Å²) in [4.78, 5) is 11.0. The van der Waals surface area contributed by atoms with Crippen molar-refractivity contribution in [3.8, 4) is 0 Å². The zero-order valence-corrected chi connectivity index (χ0v) is 11.7. The van der Waals surface area contributed by atoms with Crippen molar-refractivity contribution < 1.29 is 9.90 Å². The summed E-state index contributed by atoms with van der Waals surface area (Å²) in [6, 6.07) is 3.53. The average Bonchev–Trinajstić information content (AvgIpc) is 2.78. The first-order chi connectivity index (χ1) is 8.50. The molecule has 2 aromatic rings. The highest BCUT2D eigenvalue weighted by atomic mass is 35.5. The second-order valence-corrected chi connectivity index (χ2v) is 5.21. The lowest BCUT2D eigenvalue weighted by atomic mass is 10.2. The molecule has 0 aliphatic carbocycles. The van der Waals surface area contributed by atoms with Gasteiger partial charge in [0.05, 0.1) is 27.0 Å². The maximum absolute atomic E-state index is 11.0. The van der Waals surface area contributed by atoms with E-state index in [0.717, 1.165) is 5.56 Å². The van der Waals surface area contributed by atoms with Gasteiger partial charge in [-0.15, -0.1) is 11.3 Å². The van der Waals surface area contributed by atoms with Crippen LogP contribution in [0.3, 0.4) is 0 Å². The van der Waals surface area contributed by atoms with Gasteiger partial charge in [0.1, 0.15) is 0 Å². The van der Waals surface area contributed by atoms with Crippen LogP contribution in [0.15, 0.2) is 22.9 Å². The Morgan fingerprint density at radius 1 is 1.33 bits per heavy atom. The molecule has 6 heteroatoms. The summed E-state index contributed by atoms with van der Waals surface area (Å²) < 4.78 is 0. The fraction of sp³-hybridized carbons (Fsp3) is 0.0833. The first-order valence-electron chi connectivity index (χ1n) is 5.02. The van der Waals surface area contributed by atoms with Crippen molar-refractivity contribution >= 4 is 51.9 Å². The van der Waals surface area contributed by atoms with Gasteiger partial charge in [0.15, 0.2) is 0 Å². The summed E-state index contributed by atoms with van der Waals surface area (Å²) in [6.45, 7) is 1.86. The van der Waals surface area contributed by atoms with Crippen molar-refractivity contribution in [2.45, 2.75) is 6.92 Å². The van der Waals surface area contributed by atoms with E-state index in [4.69, 9.17) is 28.3 Å². The Kier molecular flexibility index (Phi) is 3.80. The molecule has 0 aliphatic rings. The third kappa shape index (κ3) is 2.46. The van der Waals surface area contributed by atoms with Gasteiger partial charge in [0.2, 0.25) is 0 Å². The Bertz CT molecular complexity index is 610. The quantitative estimate of drug-likeness (QED) is 0.855. The molecular formula is C12H9Cl2NO2S. The number of hydrogen-bond acceptors (Lipinski definition) is 3. The van der Waals surface area contributed by atoms with Gasteiger partial charge in [0, 0.05) is 10.8 Å². The largest absolute Gasteiger partial charge is 0.478 e. The molecule has 0 saturated carbocycles. The van der Waals surface area contributed by atoms with Crippen LogP contribution in [0.5, 0.6) is 0 Å². The van der Waals surface area contributed by atoms with E-state index in [1.807, 2.05) is 13.0 Å². The van der Waals surface area contributed by atoms with Crippen LogP contribution in [0, 0.1) is 6.92 Å². The van der Waals surface area contributed by atoms with Crippen LogP contribution in [0.2, 0.25) is 10.0 Å². The summed E-state index contributed by atoms with van der Waals surface area (Å²) in [5.74, 6) is -0.987. The highest BCUT2D eigenvalue weighted by Crippen LogP contribution is 2.36. The van der Waals surface area contributed by atoms with Gasteiger partial charge in [0.25, 0.3) is 0 Å². The van der Waals surface area contributed by atoms with E-state index in [0.29, 0.717) is 21.4 Å². The van der Waals surface area contributed by atoms with Crippen molar-refractivity contribution in [3.05, 3.63) is 44.1 Å². The van der Waals surface area contributed by atoms with E-state index in [2.05, 4.69) is 5.32 Å². The molecule has 2 rings (SSSR count). The predicted octanol–water partition coefficient (Wildman–Crippen LogP) is 4.81. The number of anilines is 2. The average molecular weight is 302 g/mol. The molecule has 0 amide bonds. The molecule has 0 bridgehead atoms. The van der Waals surface area contributed by atoms with Crippen LogP contribution >= 0.6 is 34.5 Å². The molecule has 0 aliphatic heterocycles. The Balaban J connectivity index is 2.43. The van der Waals surface area contributed by atoms with E-state index in [1.165, 1.54) is 11.3 Å². The molecule has 0 radical (unpaired) electrons. The molecule has 0 spiro atoms.